The molecule has 1 aliphatic rings. The molecule has 0 aromatic carbocycles. The minimum Gasteiger partial charge on any atom is -0.342 e. The van der Waals surface area contributed by atoms with Gasteiger partial charge in [0.05, 0.1) is 17.6 Å². The molecule has 1 fully saturated rings. The maximum Gasteiger partial charge on any atom is 0.227 e. The fourth-order valence-corrected chi connectivity index (χ4v) is 3.44. The van der Waals surface area contributed by atoms with E-state index in [0.717, 1.165) is 49.4 Å². The summed E-state index contributed by atoms with van der Waals surface area (Å²) in [4.78, 5) is 23.7. The van der Waals surface area contributed by atoms with Gasteiger partial charge in [-0.1, -0.05) is 20.8 Å². The van der Waals surface area contributed by atoms with Crippen molar-refractivity contribution in [1.82, 2.24) is 24.6 Å². The molecule has 0 spiro atoms. The van der Waals surface area contributed by atoms with E-state index in [9.17, 15) is 4.79 Å². The molecule has 2 aromatic rings. The number of aromatic nitrogens is 4. The Kier molecular flexibility index (Phi) is 4.88. The summed E-state index contributed by atoms with van der Waals surface area (Å²) >= 11 is 0. The second-order valence-corrected chi connectivity index (χ2v) is 7.95. The standard InChI is InChI=1S/C19H27N5O/c1-19(2,3)18(25)24-9-5-6-14(13-24)10-15-11-20-12-16(22-15)17-7-8-21-23(17)4/h7-8,11-12,14H,5-6,9-10,13H2,1-4H3. The molecular formula is C19H27N5O. The summed E-state index contributed by atoms with van der Waals surface area (Å²) in [7, 11) is 1.90. The summed E-state index contributed by atoms with van der Waals surface area (Å²) < 4.78 is 1.80. The molecule has 0 radical (unpaired) electrons. The van der Waals surface area contributed by atoms with Crippen LogP contribution in [-0.2, 0) is 18.3 Å². The van der Waals surface area contributed by atoms with E-state index >= 15 is 0 Å². The van der Waals surface area contributed by atoms with E-state index in [2.05, 4.69) is 10.1 Å². The first-order chi connectivity index (χ1) is 11.8. The van der Waals surface area contributed by atoms with Crippen molar-refractivity contribution < 1.29 is 4.79 Å². The monoisotopic (exact) mass is 341 g/mol. The van der Waals surface area contributed by atoms with Gasteiger partial charge in [0.1, 0.15) is 5.69 Å². The zero-order valence-corrected chi connectivity index (χ0v) is 15.6. The van der Waals surface area contributed by atoms with Crippen molar-refractivity contribution in [1.29, 1.82) is 0 Å². The highest BCUT2D eigenvalue weighted by Crippen LogP contribution is 2.25. The van der Waals surface area contributed by atoms with Gasteiger partial charge in [0, 0.05) is 37.9 Å². The minimum absolute atomic E-state index is 0.243. The molecule has 1 aliphatic heterocycles. The van der Waals surface area contributed by atoms with E-state index in [0.29, 0.717) is 5.92 Å². The lowest BCUT2D eigenvalue weighted by Crippen LogP contribution is -2.45. The van der Waals surface area contributed by atoms with Crippen molar-refractivity contribution in [2.24, 2.45) is 18.4 Å². The highest BCUT2D eigenvalue weighted by atomic mass is 16.2. The van der Waals surface area contributed by atoms with Gasteiger partial charge in [-0.2, -0.15) is 5.10 Å². The third kappa shape index (κ3) is 4.06. The largest absolute Gasteiger partial charge is 0.342 e. The molecule has 1 atom stereocenters. The highest BCUT2D eigenvalue weighted by Gasteiger charge is 2.31. The van der Waals surface area contributed by atoms with Crippen LogP contribution < -0.4 is 0 Å². The first-order valence-electron chi connectivity index (χ1n) is 8.93. The molecule has 1 saturated heterocycles. The van der Waals surface area contributed by atoms with Crippen LogP contribution >= 0.6 is 0 Å². The Labute approximate surface area is 149 Å². The maximum absolute atomic E-state index is 12.6. The maximum atomic E-state index is 12.6. The van der Waals surface area contributed by atoms with Gasteiger partial charge in [0.25, 0.3) is 0 Å². The summed E-state index contributed by atoms with van der Waals surface area (Å²) in [6, 6.07) is 1.94. The zero-order chi connectivity index (χ0) is 18.0. The number of rotatable bonds is 3. The van der Waals surface area contributed by atoms with E-state index in [1.54, 1.807) is 17.1 Å². The predicted octanol–water partition coefficient (Wildman–Crippen LogP) is 2.70. The first-order valence-corrected chi connectivity index (χ1v) is 8.93. The van der Waals surface area contributed by atoms with E-state index < -0.39 is 0 Å². The Morgan fingerprint density at radius 1 is 1.32 bits per heavy atom. The second kappa shape index (κ2) is 6.94. The van der Waals surface area contributed by atoms with Crippen LogP contribution in [0.5, 0.6) is 0 Å². The Morgan fingerprint density at radius 3 is 2.80 bits per heavy atom. The number of amides is 1. The fourth-order valence-electron chi connectivity index (χ4n) is 3.44. The van der Waals surface area contributed by atoms with Crippen molar-refractivity contribution in [3.05, 3.63) is 30.4 Å². The number of likely N-dealkylation sites (tertiary alicyclic amines) is 1. The smallest absolute Gasteiger partial charge is 0.227 e. The Balaban J connectivity index is 1.70. The third-order valence-corrected chi connectivity index (χ3v) is 4.71. The molecular weight excluding hydrogens is 314 g/mol. The average molecular weight is 341 g/mol. The molecule has 2 aromatic heterocycles. The molecule has 0 bridgehead atoms. The van der Waals surface area contributed by atoms with Gasteiger partial charge in [-0.3, -0.25) is 14.5 Å². The van der Waals surface area contributed by atoms with E-state index in [1.807, 2.05) is 45.0 Å². The number of nitrogens with zero attached hydrogens (tertiary/aromatic N) is 5. The summed E-state index contributed by atoms with van der Waals surface area (Å²) in [5, 5.41) is 4.20. The van der Waals surface area contributed by atoms with Gasteiger partial charge in [-0.15, -0.1) is 0 Å². The third-order valence-electron chi connectivity index (χ3n) is 4.71. The lowest BCUT2D eigenvalue weighted by atomic mass is 9.89. The highest BCUT2D eigenvalue weighted by molar-refractivity contribution is 5.81. The second-order valence-electron chi connectivity index (χ2n) is 7.95. The molecule has 25 heavy (non-hydrogen) atoms. The Hall–Kier alpha value is -2.24. The zero-order valence-electron chi connectivity index (χ0n) is 15.6. The molecule has 6 heteroatoms. The summed E-state index contributed by atoms with van der Waals surface area (Å²) in [5.74, 6) is 0.683. The molecule has 134 valence electrons. The summed E-state index contributed by atoms with van der Waals surface area (Å²) in [5.41, 5.74) is 2.47. The Bertz CT molecular complexity index is 746. The van der Waals surface area contributed by atoms with E-state index in [1.165, 1.54) is 0 Å². The molecule has 1 unspecified atom stereocenters. The quantitative estimate of drug-likeness (QED) is 0.861. The SMILES string of the molecule is Cn1nccc1-c1cncc(CC2CCCN(C(=O)C(C)(C)C)C2)n1. The molecule has 3 heterocycles. The van der Waals surface area contributed by atoms with Crippen molar-refractivity contribution in [2.75, 3.05) is 13.1 Å². The number of carbonyl (C=O) groups is 1. The first kappa shape index (κ1) is 17.6. The van der Waals surface area contributed by atoms with Gasteiger partial charge in [-0.25, -0.2) is 4.98 Å². The molecule has 0 aliphatic carbocycles. The van der Waals surface area contributed by atoms with Crippen LogP contribution in [0.2, 0.25) is 0 Å². The molecule has 0 saturated carbocycles. The van der Waals surface area contributed by atoms with Crippen LogP contribution in [0, 0.1) is 11.3 Å². The van der Waals surface area contributed by atoms with Gasteiger partial charge >= 0.3 is 0 Å². The lowest BCUT2D eigenvalue weighted by molar-refractivity contribution is -0.141. The number of carbonyl (C=O) groups excluding carboxylic acids is 1. The van der Waals surface area contributed by atoms with E-state index in [-0.39, 0.29) is 11.3 Å². The fraction of sp³-hybridized carbons (Fsp3) is 0.579. The van der Waals surface area contributed by atoms with Gasteiger partial charge < -0.3 is 4.90 Å². The van der Waals surface area contributed by atoms with Crippen molar-refractivity contribution in [3.63, 3.8) is 0 Å². The predicted molar refractivity (Wildman–Crippen MR) is 96.7 cm³/mol. The summed E-state index contributed by atoms with van der Waals surface area (Å²) in [6.45, 7) is 7.65. The lowest BCUT2D eigenvalue weighted by Gasteiger charge is -2.36. The average Bonchev–Trinajstić information content (AvgIpc) is 3.00. The van der Waals surface area contributed by atoms with Gasteiger partial charge in [0.15, 0.2) is 0 Å². The van der Waals surface area contributed by atoms with Crippen molar-refractivity contribution in [3.8, 4) is 11.4 Å². The molecule has 1 amide bonds. The molecule has 0 N–H and O–H groups in total. The van der Waals surface area contributed by atoms with Crippen molar-refractivity contribution in [2.45, 2.75) is 40.0 Å². The van der Waals surface area contributed by atoms with Gasteiger partial charge in [-0.05, 0) is 31.2 Å². The van der Waals surface area contributed by atoms with E-state index in [4.69, 9.17) is 4.98 Å². The molecule has 6 nitrogen and oxygen atoms in total. The normalized spacial score (nSPS) is 18.4. The van der Waals surface area contributed by atoms with Crippen LogP contribution in [0.3, 0.4) is 0 Å². The number of piperidine rings is 1. The van der Waals surface area contributed by atoms with Crippen LogP contribution in [-0.4, -0.2) is 43.6 Å². The number of hydrogen-bond acceptors (Lipinski definition) is 4. The summed E-state index contributed by atoms with van der Waals surface area (Å²) in [6.07, 6.45) is 8.42. The number of hydrogen-bond donors (Lipinski definition) is 0. The molecule has 3 rings (SSSR count). The van der Waals surface area contributed by atoms with Gasteiger partial charge in [0.2, 0.25) is 5.91 Å². The Morgan fingerprint density at radius 2 is 2.12 bits per heavy atom. The van der Waals surface area contributed by atoms with Crippen LogP contribution in [0.25, 0.3) is 11.4 Å². The van der Waals surface area contributed by atoms with Crippen LogP contribution in [0.15, 0.2) is 24.7 Å². The topological polar surface area (TPSA) is 63.9 Å². The van der Waals surface area contributed by atoms with Crippen molar-refractivity contribution >= 4 is 5.91 Å². The van der Waals surface area contributed by atoms with Crippen LogP contribution in [0.4, 0.5) is 0 Å². The number of aryl methyl sites for hydroxylation is 1. The minimum atomic E-state index is -0.318. The van der Waals surface area contributed by atoms with Crippen LogP contribution in [0.1, 0.15) is 39.3 Å².